The maximum Gasteiger partial charge on any atom is 0.222 e. The van der Waals surface area contributed by atoms with Gasteiger partial charge in [-0.1, -0.05) is 0 Å². The predicted molar refractivity (Wildman–Crippen MR) is 99.1 cm³/mol. The van der Waals surface area contributed by atoms with Crippen LogP contribution >= 0.6 is 11.3 Å². The minimum atomic E-state index is -0.0654. The fourth-order valence-electron chi connectivity index (χ4n) is 3.39. The van der Waals surface area contributed by atoms with E-state index in [2.05, 4.69) is 10.2 Å². The molecule has 0 saturated carbocycles. The number of aromatic amines is 1. The summed E-state index contributed by atoms with van der Waals surface area (Å²) in [6.45, 7) is 7.29. The van der Waals surface area contributed by atoms with Gasteiger partial charge < -0.3 is 4.90 Å². The maximum absolute atomic E-state index is 12.7. The molecular formula is C19H25N3O2S. The number of hydrogen-bond donors (Lipinski definition) is 1. The quantitative estimate of drug-likeness (QED) is 0.832. The molecule has 0 bridgehead atoms. The number of hydrogen-bond acceptors (Lipinski definition) is 4. The van der Waals surface area contributed by atoms with Gasteiger partial charge in [0.25, 0.3) is 0 Å². The molecule has 1 fully saturated rings. The van der Waals surface area contributed by atoms with Crippen LogP contribution in [0.1, 0.15) is 51.4 Å². The number of piperidine rings is 1. The van der Waals surface area contributed by atoms with Gasteiger partial charge in [-0.3, -0.25) is 14.7 Å². The highest BCUT2D eigenvalue weighted by atomic mass is 32.1. The molecule has 134 valence electrons. The van der Waals surface area contributed by atoms with Crippen molar-refractivity contribution in [2.45, 2.75) is 46.5 Å². The molecule has 0 unspecified atom stereocenters. The van der Waals surface area contributed by atoms with E-state index in [4.69, 9.17) is 0 Å². The lowest BCUT2D eigenvalue weighted by Gasteiger charge is -2.32. The van der Waals surface area contributed by atoms with E-state index in [0.717, 1.165) is 46.8 Å². The molecule has 1 atom stereocenters. The van der Waals surface area contributed by atoms with Gasteiger partial charge in [0.2, 0.25) is 5.91 Å². The molecule has 0 aromatic carbocycles. The molecule has 2 aromatic heterocycles. The average molecular weight is 359 g/mol. The van der Waals surface area contributed by atoms with Crippen LogP contribution in [0, 0.1) is 26.7 Å². The van der Waals surface area contributed by atoms with E-state index < -0.39 is 0 Å². The van der Waals surface area contributed by atoms with Crippen molar-refractivity contribution in [1.82, 2.24) is 15.1 Å². The zero-order valence-corrected chi connectivity index (χ0v) is 15.9. The van der Waals surface area contributed by atoms with Crippen molar-refractivity contribution in [2.75, 3.05) is 13.1 Å². The number of amides is 1. The Hall–Kier alpha value is -1.95. The third-order valence-electron chi connectivity index (χ3n) is 5.16. The number of nitrogens with zero attached hydrogens (tertiary/aromatic N) is 2. The average Bonchev–Trinajstić information content (AvgIpc) is 3.19. The number of likely N-dealkylation sites (tertiary alicyclic amines) is 1. The minimum Gasteiger partial charge on any atom is -0.342 e. The summed E-state index contributed by atoms with van der Waals surface area (Å²) >= 11 is 1.51. The Morgan fingerprint density at radius 2 is 2.16 bits per heavy atom. The van der Waals surface area contributed by atoms with Crippen LogP contribution in [0.25, 0.3) is 0 Å². The molecule has 3 rings (SSSR count). The monoisotopic (exact) mass is 359 g/mol. The van der Waals surface area contributed by atoms with E-state index in [-0.39, 0.29) is 17.6 Å². The SMILES string of the molecule is Cc1ccsc1C(=O)[C@@H]1CCCN(C(=O)CCc2n[nH]c(C)c2C)C1. The van der Waals surface area contributed by atoms with Gasteiger partial charge in [-0.05, 0) is 56.2 Å². The number of H-pyrrole nitrogens is 1. The lowest BCUT2D eigenvalue weighted by atomic mass is 9.92. The van der Waals surface area contributed by atoms with Crippen LogP contribution in [0.5, 0.6) is 0 Å². The highest BCUT2D eigenvalue weighted by Crippen LogP contribution is 2.26. The Balaban J connectivity index is 1.59. The molecule has 5 nitrogen and oxygen atoms in total. The van der Waals surface area contributed by atoms with Gasteiger partial charge in [0.05, 0.1) is 10.6 Å². The molecule has 1 aliphatic rings. The van der Waals surface area contributed by atoms with Crippen LogP contribution in [0.4, 0.5) is 0 Å². The summed E-state index contributed by atoms with van der Waals surface area (Å²) in [4.78, 5) is 28.0. The molecule has 1 N–H and O–H groups in total. The van der Waals surface area contributed by atoms with E-state index >= 15 is 0 Å². The summed E-state index contributed by atoms with van der Waals surface area (Å²) in [5.41, 5.74) is 4.19. The van der Waals surface area contributed by atoms with Crippen molar-refractivity contribution in [3.8, 4) is 0 Å². The molecule has 0 radical (unpaired) electrons. The smallest absolute Gasteiger partial charge is 0.222 e. The third kappa shape index (κ3) is 3.84. The van der Waals surface area contributed by atoms with E-state index in [1.54, 1.807) is 0 Å². The minimum absolute atomic E-state index is 0.0654. The van der Waals surface area contributed by atoms with Gasteiger partial charge in [-0.15, -0.1) is 11.3 Å². The van der Waals surface area contributed by atoms with Gasteiger partial charge in [0.1, 0.15) is 0 Å². The van der Waals surface area contributed by atoms with E-state index in [9.17, 15) is 9.59 Å². The Morgan fingerprint density at radius 3 is 2.80 bits per heavy atom. The summed E-state index contributed by atoms with van der Waals surface area (Å²) in [6.07, 6.45) is 2.86. The predicted octanol–water partition coefficient (Wildman–Crippen LogP) is 3.45. The van der Waals surface area contributed by atoms with Crippen molar-refractivity contribution in [3.63, 3.8) is 0 Å². The topological polar surface area (TPSA) is 66.1 Å². The fraction of sp³-hybridized carbons (Fsp3) is 0.526. The Morgan fingerprint density at radius 1 is 1.36 bits per heavy atom. The van der Waals surface area contributed by atoms with Crippen LogP contribution in [0.3, 0.4) is 0 Å². The number of carbonyl (C=O) groups excluding carboxylic acids is 2. The van der Waals surface area contributed by atoms with Gasteiger partial charge in [0.15, 0.2) is 5.78 Å². The Kier molecular flexibility index (Phi) is 5.37. The van der Waals surface area contributed by atoms with Gasteiger partial charge in [0, 0.05) is 37.5 Å². The molecule has 1 amide bonds. The first-order valence-electron chi connectivity index (χ1n) is 8.84. The number of Topliss-reactive ketones (excluding diaryl/α,β-unsaturated/α-hetero) is 1. The number of aromatic nitrogens is 2. The lowest BCUT2D eigenvalue weighted by molar-refractivity contribution is -0.132. The molecule has 1 saturated heterocycles. The third-order valence-corrected chi connectivity index (χ3v) is 6.19. The normalized spacial score (nSPS) is 17.7. The summed E-state index contributed by atoms with van der Waals surface area (Å²) in [5, 5.41) is 9.20. The molecule has 0 spiro atoms. The highest BCUT2D eigenvalue weighted by Gasteiger charge is 2.30. The largest absolute Gasteiger partial charge is 0.342 e. The summed E-state index contributed by atoms with van der Waals surface area (Å²) in [6, 6.07) is 1.98. The van der Waals surface area contributed by atoms with E-state index in [1.807, 2.05) is 37.1 Å². The molecule has 0 aliphatic carbocycles. The lowest BCUT2D eigenvalue weighted by Crippen LogP contribution is -2.42. The molecule has 1 aliphatic heterocycles. The Bertz CT molecular complexity index is 777. The molecule has 2 aromatic rings. The molecule has 25 heavy (non-hydrogen) atoms. The van der Waals surface area contributed by atoms with Crippen LogP contribution in [-0.2, 0) is 11.2 Å². The first-order valence-corrected chi connectivity index (χ1v) is 9.72. The second-order valence-corrected chi connectivity index (χ2v) is 7.81. The number of aryl methyl sites for hydroxylation is 3. The van der Waals surface area contributed by atoms with Crippen molar-refractivity contribution in [2.24, 2.45) is 5.92 Å². The van der Waals surface area contributed by atoms with E-state index in [1.165, 1.54) is 11.3 Å². The number of carbonyl (C=O) groups is 2. The standard InChI is InChI=1S/C19H25N3O2S/c1-12-8-10-25-19(12)18(24)15-5-4-9-22(11-15)17(23)7-6-16-13(2)14(3)20-21-16/h8,10,15H,4-7,9,11H2,1-3H3,(H,20,21)/t15-/m1/s1. The van der Waals surface area contributed by atoms with Crippen LogP contribution in [0.2, 0.25) is 0 Å². The van der Waals surface area contributed by atoms with Crippen molar-refractivity contribution in [1.29, 1.82) is 0 Å². The first-order chi connectivity index (χ1) is 12.0. The van der Waals surface area contributed by atoms with Crippen LogP contribution < -0.4 is 0 Å². The summed E-state index contributed by atoms with van der Waals surface area (Å²) in [5.74, 6) is 0.258. The molecule has 3 heterocycles. The zero-order chi connectivity index (χ0) is 18.0. The van der Waals surface area contributed by atoms with E-state index in [0.29, 0.717) is 19.4 Å². The first kappa shape index (κ1) is 17.9. The zero-order valence-electron chi connectivity index (χ0n) is 15.1. The van der Waals surface area contributed by atoms with Gasteiger partial charge >= 0.3 is 0 Å². The molecule has 6 heteroatoms. The van der Waals surface area contributed by atoms with Crippen LogP contribution in [-0.4, -0.2) is 39.9 Å². The number of rotatable bonds is 5. The van der Waals surface area contributed by atoms with Crippen molar-refractivity contribution >= 4 is 23.0 Å². The second-order valence-electron chi connectivity index (χ2n) is 6.90. The summed E-state index contributed by atoms with van der Waals surface area (Å²) < 4.78 is 0. The number of nitrogens with one attached hydrogen (secondary N) is 1. The molecular weight excluding hydrogens is 334 g/mol. The van der Waals surface area contributed by atoms with Gasteiger partial charge in [-0.25, -0.2) is 0 Å². The van der Waals surface area contributed by atoms with Gasteiger partial charge in [-0.2, -0.15) is 5.10 Å². The number of thiophene rings is 1. The maximum atomic E-state index is 12.7. The van der Waals surface area contributed by atoms with Crippen molar-refractivity contribution < 1.29 is 9.59 Å². The Labute approximate surface area is 152 Å². The summed E-state index contributed by atoms with van der Waals surface area (Å²) in [7, 11) is 0. The fourth-order valence-corrected chi connectivity index (χ4v) is 4.34. The number of ketones is 1. The van der Waals surface area contributed by atoms with Crippen molar-refractivity contribution in [3.05, 3.63) is 38.8 Å². The second kappa shape index (κ2) is 7.52. The highest BCUT2D eigenvalue weighted by molar-refractivity contribution is 7.12. The van der Waals surface area contributed by atoms with Crippen LogP contribution in [0.15, 0.2) is 11.4 Å².